The smallest absolute Gasteiger partial charge is 0.268 e. The Labute approximate surface area is 139 Å². The number of anilines is 1. The Bertz CT molecular complexity index is 1150. The lowest BCUT2D eigenvalue weighted by Gasteiger charge is -1.98. The molecule has 1 aliphatic rings. The van der Waals surface area contributed by atoms with E-state index in [1.807, 2.05) is 6.92 Å². The Morgan fingerprint density at radius 2 is 2.04 bits per heavy atom. The number of pyridine rings is 2. The molecule has 0 aromatic carbocycles. The van der Waals surface area contributed by atoms with E-state index >= 15 is 0 Å². The van der Waals surface area contributed by atoms with Crippen molar-refractivity contribution in [2.75, 3.05) is 5.32 Å². The average molecular weight is 342 g/mol. The van der Waals surface area contributed by atoms with Gasteiger partial charge in [0.2, 0.25) is 0 Å². The van der Waals surface area contributed by atoms with Gasteiger partial charge in [0.05, 0.1) is 10.2 Å². The summed E-state index contributed by atoms with van der Waals surface area (Å²) in [6, 6.07) is 2.58. The van der Waals surface area contributed by atoms with Gasteiger partial charge in [0.15, 0.2) is 5.13 Å². The van der Waals surface area contributed by atoms with Gasteiger partial charge in [-0.15, -0.1) is 11.3 Å². The van der Waals surface area contributed by atoms with Gasteiger partial charge < -0.3 is 10.3 Å². The van der Waals surface area contributed by atoms with Crippen LogP contribution in [-0.4, -0.2) is 21.0 Å². The minimum Gasteiger partial charge on any atom is -0.359 e. The maximum Gasteiger partial charge on any atom is 0.268 e. The first-order valence-corrected chi connectivity index (χ1v) is 9.23. The van der Waals surface area contributed by atoms with E-state index in [1.165, 1.54) is 24.2 Å². The molecule has 0 spiro atoms. The van der Waals surface area contributed by atoms with Crippen LogP contribution < -0.4 is 10.9 Å². The molecule has 0 bridgehead atoms. The van der Waals surface area contributed by atoms with Crippen molar-refractivity contribution < 1.29 is 0 Å². The van der Waals surface area contributed by atoms with Crippen molar-refractivity contribution in [2.45, 2.75) is 32.7 Å². The molecule has 0 saturated heterocycles. The first kappa shape index (κ1) is 13.4. The molecule has 0 atom stereocenters. The molecule has 23 heavy (non-hydrogen) atoms. The van der Waals surface area contributed by atoms with Crippen molar-refractivity contribution in [3.8, 4) is 0 Å². The number of aromatic nitrogens is 3. The molecule has 4 aromatic heterocycles. The third-order valence-electron chi connectivity index (χ3n) is 4.18. The number of aromatic amines is 1. The summed E-state index contributed by atoms with van der Waals surface area (Å²) in [5.41, 5.74) is 3.75. The van der Waals surface area contributed by atoms with E-state index in [-0.39, 0.29) is 5.56 Å². The number of rotatable bonds is 2. The Hall–Kier alpha value is -1.99. The fourth-order valence-corrected chi connectivity index (χ4v) is 5.25. The number of thiophene rings is 1. The monoisotopic (exact) mass is 342 g/mol. The fraction of sp³-hybridized carbons (Fsp3) is 0.312. The quantitative estimate of drug-likeness (QED) is 0.579. The zero-order valence-corrected chi connectivity index (χ0v) is 14.3. The highest BCUT2D eigenvalue weighted by molar-refractivity contribution is 7.27. The summed E-state index contributed by atoms with van der Waals surface area (Å²) in [6.45, 7) is 4.06. The van der Waals surface area contributed by atoms with Crippen LogP contribution in [-0.2, 0) is 0 Å². The van der Waals surface area contributed by atoms with Crippen LogP contribution in [0.3, 0.4) is 0 Å². The molecule has 5 rings (SSSR count). The minimum atomic E-state index is -0.0616. The zero-order chi connectivity index (χ0) is 15.7. The summed E-state index contributed by atoms with van der Waals surface area (Å²) in [6.07, 6.45) is 2.37. The van der Waals surface area contributed by atoms with E-state index < -0.39 is 0 Å². The summed E-state index contributed by atoms with van der Waals surface area (Å²) >= 11 is 3.06. The predicted molar refractivity (Wildman–Crippen MR) is 97.0 cm³/mol. The number of nitrogens with zero attached hydrogens (tertiary/aromatic N) is 2. The lowest BCUT2D eigenvalue weighted by molar-refractivity contribution is 1.15. The first-order valence-electron chi connectivity index (χ1n) is 7.60. The predicted octanol–water partition coefficient (Wildman–Crippen LogP) is 3.94. The van der Waals surface area contributed by atoms with E-state index in [1.54, 1.807) is 11.3 Å². The maximum absolute atomic E-state index is 12.5. The molecule has 1 saturated carbocycles. The summed E-state index contributed by atoms with van der Waals surface area (Å²) in [5, 5.41) is 5.28. The van der Waals surface area contributed by atoms with Crippen molar-refractivity contribution in [1.29, 1.82) is 0 Å². The second kappa shape index (κ2) is 4.52. The van der Waals surface area contributed by atoms with Crippen LogP contribution in [0.2, 0.25) is 0 Å². The summed E-state index contributed by atoms with van der Waals surface area (Å²) in [5.74, 6) is 0. The molecule has 1 fully saturated rings. The molecule has 7 heteroatoms. The molecule has 1 aliphatic carbocycles. The van der Waals surface area contributed by atoms with Crippen molar-refractivity contribution in [3.63, 3.8) is 0 Å². The Morgan fingerprint density at radius 1 is 1.22 bits per heavy atom. The van der Waals surface area contributed by atoms with E-state index in [4.69, 9.17) is 4.98 Å². The lowest BCUT2D eigenvalue weighted by atomic mass is 10.1. The fourth-order valence-electron chi connectivity index (χ4n) is 2.99. The third kappa shape index (κ3) is 2.00. The van der Waals surface area contributed by atoms with Crippen LogP contribution in [0.1, 0.15) is 24.1 Å². The molecule has 2 N–H and O–H groups in total. The number of fused-ring (bicyclic) bond motifs is 5. The molecule has 0 unspecified atom stereocenters. The number of hydrogen-bond acceptors (Lipinski definition) is 6. The van der Waals surface area contributed by atoms with Gasteiger partial charge in [-0.2, -0.15) is 0 Å². The average Bonchev–Trinajstić information content (AvgIpc) is 3.05. The maximum atomic E-state index is 12.5. The molecule has 4 heterocycles. The molecule has 0 radical (unpaired) electrons. The van der Waals surface area contributed by atoms with Gasteiger partial charge in [0.1, 0.15) is 15.0 Å². The molecule has 0 amide bonds. The normalized spacial score (nSPS) is 15.0. The largest absolute Gasteiger partial charge is 0.359 e. The molecule has 5 nitrogen and oxygen atoms in total. The summed E-state index contributed by atoms with van der Waals surface area (Å²) < 4.78 is 1.72. The molecule has 4 aromatic rings. The zero-order valence-electron chi connectivity index (χ0n) is 12.7. The van der Waals surface area contributed by atoms with Crippen molar-refractivity contribution in [2.24, 2.45) is 0 Å². The van der Waals surface area contributed by atoms with Gasteiger partial charge in [-0.1, -0.05) is 11.3 Å². The van der Waals surface area contributed by atoms with Gasteiger partial charge in [-0.05, 0) is 38.3 Å². The number of thiazole rings is 1. The van der Waals surface area contributed by atoms with Crippen LogP contribution in [0.5, 0.6) is 0 Å². The van der Waals surface area contributed by atoms with Gasteiger partial charge >= 0.3 is 0 Å². The topological polar surface area (TPSA) is 70.7 Å². The van der Waals surface area contributed by atoms with Gasteiger partial charge in [0.25, 0.3) is 5.56 Å². The SMILES string of the molecule is Cc1cc(C)c2c(n1)sc1c3nc(NC4CC4)sc3c(=O)[nH]c12. The first-order chi connectivity index (χ1) is 11.1. The van der Waals surface area contributed by atoms with Gasteiger partial charge in [0, 0.05) is 17.1 Å². The van der Waals surface area contributed by atoms with E-state index in [2.05, 4.69) is 28.3 Å². The van der Waals surface area contributed by atoms with Gasteiger partial charge in [-0.25, -0.2) is 9.97 Å². The van der Waals surface area contributed by atoms with Gasteiger partial charge in [-0.3, -0.25) is 4.79 Å². The lowest BCUT2D eigenvalue weighted by Crippen LogP contribution is -2.03. The highest BCUT2D eigenvalue weighted by Crippen LogP contribution is 2.39. The van der Waals surface area contributed by atoms with Crippen molar-refractivity contribution in [3.05, 3.63) is 27.7 Å². The highest BCUT2D eigenvalue weighted by Gasteiger charge is 2.23. The second-order valence-corrected chi connectivity index (χ2v) is 8.13. The van der Waals surface area contributed by atoms with Crippen LogP contribution >= 0.6 is 22.7 Å². The van der Waals surface area contributed by atoms with Crippen molar-refractivity contribution in [1.82, 2.24) is 15.0 Å². The minimum absolute atomic E-state index is 0.0616. The summed E-state index contributed by atoms with van der Waals surface area (Å²) in [4.78, 5) is 25.8. The van der Waals surface area contributed by atoms with Crippen LogP contribution in [0.15, 0.2) is 10.9 Å². The Morgan fingerprint density at radius 3 is 2.83 bits per heavy atom. The number of hydrogen-bond donors (Lipinski definition) is 2. The van der Waals surface area contributed by atoms with Crippen LogP contribution in [0.4, 0.5) is 5.13 Å². The summed E-state index contributed by atoms with van der Waals surface area (Å²) in [7, 11) is 0. The van der Waals surface area contributed by atoms with E-state index in [0.29, 0.717) is 10.7 Å². The van der Waals surface area contributed by atoms with E-state index in [0.717, 1.165) is 42.3 Å². The third-order valence-corrected chi connectivity index (χ3v) is 6.25. The van der Waals surface area contributed by atoms with Crippen LogP contribution in [0, 0.1) is 13.8 Å². The van der Waals surface area contributed by atoms with Crippen molar-refractivity contribution >= 4 is 58.5 Å². The molecule has 0 aliphatic heterocycles. The number of nitrogens with one attached hydrogen (secondary N) is 2. The number of aryl methyl sites for hydroxylation is 2. The molecular formula is C16H14N4OS2. The second-order valence-electron chi connectivity index (χ2n) is 6.14. The molecule has 116 valence electrons. The number of H-pyrrole nitrogens is 1. The van der Waals surface area contributed by atoms with E-state index in [9.17, 15) is 4.79 Å². The Kier molecular flexibility index (Phi) is 2.64. The Balaban J connectivity index is 1.89. The van der Waals surface area contributed by atoms with Crippen LogP contribution in [0.25, 0.3) is 30.6 Å². The standard InChI is InChI=1S/C16H14N4OS2/c1-6-5-7(2)17-15-9(6)10-12(22-15)11-13(14(21)19-10)23-16(20-11)18-8-3-4-8/h5,8H,3-4H2,1-2H3,(H,18,20)(H,19,21). The molecular weight excluding hydrogens is 328 g/mol. The highest BCUT2D eigenvalue weighted by atomic mass is 32.1.